The zero-order valence-electron chi connectivity index (χ0n) is 20.6. The quantitative estimate of drug-likeness (QED) is 0.355. The van der Waals surface area contributed by atoms with Crippen molar-refractivity contribution in [3.63, 3.8) is 0 Å². The molecule has 2 atom stereocenters. The van der Waals surface area contributed by atoms with Gasteiger partial charge in [0, 0.05) is 49.6 Å². The second-order valence-corrected chi connectivity index (χ2v) is 9.66. The second kappa shape index (κ2) is 9.57. The molecule has 2 aromatic heterocycles. The van der Waals surface area contributed by atoms with Crippen LogP contribution in [0.3, 0.4) is 0 Å². The summed E-state index contributed by atoms with van der Waals surface area (Å²) >= 11 is 0. The number of rotatable bonds is 5. The van der Waals surface area contributed by atoms with Crippen molar-refractivity contribution in [1.29, 1.82) is 0 Å². The van der Waals surface area contributed by atoms with Gasteiger partial charge >= 0.3 is 6.18 Å². The Hall–Kier alpha value is -4.67. The molecular formula is C28H24F3N7O. The summed E-state index contributed by atoms with van der Waals surface area (Å²) in [6.07, 6.45) is 2.75. The van der Waals surface area contributed by atoms with E-state index in [-0.39, 0.29) is 17.6 Å². The minimum absolute atomic E-state index is 0.0562. The zero-order valence-corrected chi connectivity index (χ0v) is 20.6. The first-order valence-corrected chi connectivity index (χ1v) is 12.4. The van der Waals surface area contributed by atoms with Crippen molar-refractivity contribution in [3.8, 4) is 11.1 Å². The van der Waals surface area contributed by atoms with Crippen LogP contribution in [0.1, 0.15) is 22.3 Å². The van der Waals surface area contributed by atoms with Gasteiger partial charge in [0.05, 0.1) is 28.5 Å². The molecule has 2 aliphatic rings. The molecule has 2 saturated heterocycles. The molecule has 2 fully saturated rings. The smallest absolute Gasteiger partial charge is 0.397 e. The molecule has 6 rings (SSSR count). The molecule has 2 aliphatic heterocycles. The van der Waals surface area contributed by atoms with Crippen molar-refractivity contribution in [2.45, 2.75) is 24.7 Å². The Kier molecular flexibility index (Phi) is 6.05. The number of nitrogens with two attached hydrogens (primary N) is 1. The first-order valence-electron chi connectivity index (χ1n) is 12.4. The Bertz CT molecular complexity index is 1510. The van der Waals surface area contributed by atoms with Crippen LogP contribution in [0.25, 0.3) is 11.1 Å². The summed E-state index contributed by atoms with van der Waals surface area (Å²) < 4.78 is 39.5. The zero-order chi connectivity index (χ0) is 27.1. The number of alkyl halides is 3. The third-order valence-corrected chi connectivity index (χ3v) is 7.22. The van der Waals surface area contributed by atoms with Gasteiger partial charge in [-0.25, -0.2) is 9.97 Å². The van der Waals surface area contributed by atoms with E-state index in [9.17, 15) is 18.0 Å². The first kappa shape index (κ1) is 24.7. The highest BCUT2D eigenvalue weighted by Crippen LogP contribution is 2.38. The highest BCUT2D eigenvalue weighted by atomic mass is 19.4. The SMILES string of the molecule is Nc1ccc(-c2ccncc2)cc1NC(=O)c1cnc(N2C[C@H]3C[C@@H]2CN3c2cccc(C(F)(F)F)c2)nc1. The van der Waals surface area contributed by atoms with E-state index >= 15 is 0 Å². The fourth-order valence-electron chi connectivity index (χ4n) is 5.26. The van der Waals surface area contributed by atoms with Gasteiger partial charge in [0.15, 0.2) is 0 Å². The number of nitrogen functional groups attached to an aromatic ring is 1. The fraction of sp³-hybridized carbons (Fsp3) is 0.214. The average Bonchev–Trinajstić information content (AvgIpc) is 3.56. The van der Waals surface area contributed by atoms with Gasteiger partial charge in [-0.15, -0.1) is 0 Å². The number of anilines is 4. The van der Waals surface area contributed by atoms with E-state index in [1.54, 1.807) is 30.6 Å². The van der Waals surface area contributed by atoms with E-state index in [1.807, 2.05) is 28.0 Å². The molecule has 0 spiro atoms. The number of hydrogen-bond acceptors (Lipinski definition) is 7. The molecule has 2 bridgehead atoms. The summed E-state index contributed by atoms with van der Waals surface area (Å²) in [6.45, 7) is 1.16. The minimum Gasteiger partial charge on any atom is -0.397 e. The maximum absolute atomic E-state index is 13.2. The van der Waals surface area contributed by atoms with Crippen LogP contribution in [0.4, 0.5) is 36.2 Å². The molecule has 0 unspecified atom stereocenters. The van der Waals surface area contributed by atoms with E-state index in [0.29, 0.717) is 36.1 Å². The number of piperazine rings is 1. The number of aromatic nitrogens is 3. The number of pyridine rings is 1. The van der Waals surface area contributed by atoms with E-state index in [2.05, 4.69) is 20.3 Å². The number of nitrogens with one attached hydrogen (secondary N) is 1. The molecular weight excluding hydrogens is 507 g/mol. The van der Waals surface area contributed by atoms with E-state index in [4.69, 9.17) is 5.73 Å². The summed E-state index contributed by atoms with van der Waals surface area (Å²) in [5.41, 5.74) is 9.02. The Morgan fingerprint density at radius 3 is 2.33 bits per heavy atom. The first-order chi connectivity index (χ1) is 18.8. The number of amides is 1. The molecule has 3 N–H and O–H groups in total. The summed E-state index contributed by atoms with van der Waals surface area (Å²) in [4.78, 5) is 29.8. The topological polar surface area (TPSA) is 100 Å². The van der Waals surface area contributed by atoms with Gasteiger partial charge in [-0.3, -0.25) is 9.78 Å². The number of carbonyl (C=O) groups excluding carboxylic acids is 1. The highest BCUT2D eigenvalue weighted by Gasteiger charge is 2.44. The number of halogens is 3. The number of fused-ring (bicyclic) bond motifs is 2. The molecule has 39 heavy (non-hydrogen) atoms. The molecule has 2 aromatic carbocycles. The monoisotopic (exact) mass is 531 g/mol. The van der Waals surface area contributed by atoms with Gasteiger partial charge in [0.25, 0.3) is 5.91 Å². The number of benzene rings is 2. The predicted octanol–water partition coefficient (Wildman–Crippen LogP) is 4.86. The van der Waals surface area contributed by atoms with Gasteiger partial charge < -0.3 is 20.9 Å². The second-order valence-electron chi connectivity index (χ2n) is 9.66. The molecule has 8 nitrogen and oxygen atoms in total. The van der Waals surface area contributed by atoms with Crippen LogP contribution in [-0.2, 0) is 6.18 Å². The number of nitrogens with zero attached hydrogens (tertiary/aromatic N) is 5. The predicted molar refractivity (Wildman–Crippen MR) is 142 cm³/mol. The fourth-order valence-corrected chi connectivity index (χ4v) is 5.26. The lowest BCUT2D eigenvalue weighted by atomic mass is 10.1. The van der Waals surface area contributed by atoms with Gasteiger partial charge in [-0.05, 0) is 60.0 Å². The Labute approximate surface area is 222 Å². The lowest BCUT2D eigenvalue weighted by Gasteiger charge is -2.35. The van der Waals surface area contributed by atoms with Crippen molar-refractivity contribution >= 4 is 28.9 Å². The van der Waals surface area contributed by atoms with E-state index < -0.39 is 17.6 Å². The Morgan fingerprint density at radius 2 is 1.64 bits per heavy atom. The summed E-state index contributed by atoms with van der Waals surface area (Å²) in [7, 11) is 0. The Morgan fingerprint density at radius 1 is 0.923 bits per heavy atom. The van der Waals surface area contributed by atoms with E-state index in [1.165, 1.54) is 24.5 Å². The van der Waals surface area contributed by atoms with Crippen LogP contribution < -0.4 is 20.9 Å². The van der Waals surface area contributed by atoms with Gasteiger partial charge in [0.1, 0.15) is 0 Å². The van der Waals surface area contributed by atoms with Crippen LogP contribution >= 0.6 is 0 Å². The molecule has 0 aliphatic carbocycles. The molecule has 198 valence electrons. The highest BCUT2D eigenvalue weighted by molar-refractivity contribution is 6.05. The Balaban J connectivity index is 1.12. The molecule has 0 radical (unpaired) electrons. The average molecular weight is 532 g/mol. The van der Waals surface area contributed by atoms with Crippen LogP contribution in [0, 0.1) is 0 Å². The molecule has 0 saturated carbocycles. The van der Waals surface area contributed by atoms with Crippen LogP contribution in [0.2, 0.25) is 0 Å². The van der Waals surface area contributed by atoms with Crippen LogP contribution in [0.5, 0.6) is 0 Å². The van der Waals surface area contributed by atoms with Gasteiger partial charge in [-0.2, -0.15) is 13.2 Å². The third-order valence-electron chi connectivity index (χ3n) is 7.22. The van der Waals surface area contributed by atoms with Crippen LogP contribution in [-0.4, -0.2) is 46.0 Å². The summed E-state index contributed by atoms with van der Waals surface area (Å²) in [5, 5.41) is 2.83. The summed E-state index contributed by atoms with van der Waals surface area (Å²) in [6, 6.07) is 14.7. The van der Waals surface area contributed by atoms with E-state index in [0.717, 1.165) is 23.6 Å². The molecule has 11 heteroatoms. The molecule has 1 amide bonds. The molecule has 4 heterocycles. The van der Waals surface area contributed by atoms with Gasteiger partial charge in [0.2, 0.25) is 5.95 Å². The van der Waals surface area contributed by atoms with Crippen molar-refractivity contribution in [3.05, 3.63) is 90.5 Å². The third kappa shape index (κ3) is 4.83. The maximum Gasteiger partial charge on any atom is 0.416 e. The minimum atomic E-state index is -4.38. The van der Waals surface area contributed by atoms with Gasteiger partial charge in [-0.1, -0.05) is 12.1 Å². The van der Waals surface area contributed by atoms with Crippen molar-refractivity contribution in [2.24, 2.45) is 0 Å². The van der Waals surface area contributed by atoms with Crippen molar-refractivity contribution in [1.82, 2.24) is 15.0 Å². The van der Waals surface area contributed by atoms with Crippen molar-refractivity contribution in [2.75, 3.05) is 33.9 Å². The standard InChI is InChI=1S/C28H24F3N7O/c29-28(30,31)20-2-1-3-21(11-20)37-15-23-12-22(37)16-38(23)27-34-13-19(14-35-27)26(39)36-25-10-18(4-5-24(25)32)17-6-8-33-9-7-17/h1-11,13-14,22-23H,12,15-16,32H2,(H,36,39)/t22-,23-/m1/s1. The van der Waals surface area contributed by atoms with Crippen LogP contribution in [0.15, 0.2) is 79.4 Å². The number of carbonyl (C=O) groups is 1. The lowest BCUT2D eigenvalue weighted by molar-refractivity contribution is -0.137. The van der Waals surface area contributed by atoms with Crippen molar-refractivity contribution < 1.29 is 18.0 Å². The lowest BCUT2D eigenvalue weighted by Crippen LogP contribution is -2.47. The number of hydrogen-bond donors (Lipinski definition) is 2. The summed E-state index contributed by atoms with van der Waals surface area (Å²) in [5.74, 6) is 0.0979. The largest absolute Gasteiger partial charge is 0.416 e. The molecule has 4 aromatic rings. The normalized spacial score (nSPS) is 18.4. The maximum atomic E-state index is 13.2.